The Bertz CT molecular complexity index is 3040. The number of methoxy groups -OCH3 is 2. The standard InChI is InChI=1S/C27H32ClN3O5.C16H26N2O2.C11H8ClNO4/c1-31(2)15-17-11-19(9-10-27(17,35)16-5-4-6-20(12-16)36-3)29-24(32)14-22-25(33)21-8-7-18(28)13-23(21)30-26(22)34;1-18(2)11-13-9-14(17)7-8-16(13,19)12-5-4-6-15(10-12)20-3;12-5-1-2-6-8(3-5)13-11(17)7(10(6)16)4-9(14)15/h4-8,12-13,17,19,35H,9-11,14-15H2,1-3H3,(H,29,32)(H2,30,33,34);4-6,10,13-14,19H,7-9,11,17H2,1-3H3;1-3H,4H2,(H,14,15)(H2,13,16,17). The average Bonchev–Trinajstić information content (AvgIpc) is 3.34. The molecule has 2 fully saturated rings. The van der Waals surface area contributed by atoms with E-state index in [9.17, 15) is 39.6 Å². The molecule has 0 aliphatic heterocycles. The summed E-state index contributed by atoms with van der Waals surface area (Å²) >= 11 is 11.7. The van der Waals surface area contributed by atoms with Gasteiger partial charge in [0.15, 0.2) is 0 Å². The zero-order valence-corrected chi connectivity index (χ0v) is 43.4. The summed E-state index contributed by atoms with van der Waals surface area (Å²) in [5.74, 6) is -0.597. The Hall–Kier alpha value is -6.18. The number of H-pyrrole nitrogens is 2. The molecule has 10 N–H and O–H groups in total. The van der Waals surface area contributed by atoms with E-state index in [-0.39, 0.29) is 58.9 Å². The van der Waals surface area contributed by atoms with Gasteiger partial charge in [0.2, 0.25) is 5.91 Å². The number of hydrogen-bond donors (Lipinski definition) is 9. The zero-order chi connectivity index (χ0) is 53.4. The van der Waals surface area contributed by atoms with Crippen LogP contribution in [0.15, 0.2) is 94.5 Å². The maximum Gasteiger partial charge on any atom is 0.308 e. The van der Waals surface area contributed by atoms with Crippen molar-refractivity contribution in [1.29, 1.82) is 0 Å². The molecular formula is C54H66Cl2N6O11. The minimum atomic E-state index is -1.18. The largest absolute Gasteiger partial charge is 0.507 e. The number of carboxylic acid groups (broad SMARTS) is 1. The van der Waals surface area contributed by atoms with Gasteiger partial charge in [-0.2, -0.15) is 0 Å². The van der Waals surface area contributed by atoms with Crippen LogP contribution < -0.4 is 31.6 Å². The number of benzene rings is 4. The Morgan fingerprint density at radius 2 is 1.15 bits per heavy atom. The number of ether oxygens (including phenoxy) is 2. The van der Waals surface area contributed by atoms with E-state index >= 15 is 0 Å². The van der Waals surface area contributed by atoms with Crippen molar-refractivity contribution in [3.63, 3.8) is 0 Å². The topological polar surface area (TPSA) is 264 Å². The second-order valence-electron chi connectivity index (χ2n) is 19.5. The third-order valence-corrected chi connectivity index (χ3v) is 14.2. The third-order valence-electron chi connectivity index (χ3n) is 13.7. The molecule has 6 aromatic rings. The van der Waals surface area contributed by atoms with Gasteiger partial charge in [-0.3, -0.25) is 19.2 Å². The highest BCUT2D eigenvalue weighted by Gasteiger charge is 2.45. The summed E-state index contributed by atoms with van der Waals surface area (Å²) in [5.41, 5.74) is 5.44. The van der Waals surface area contributed by atoms with Crippen molar-refractivity contribution in [2.45, 2.75) is 74.7 Å². The predicted molar refractivity (Wildman–Crippen MR) is 283 cm³/mol. The molecule has 392 valence electrons. The Morgan fingerprint density at radius 1 is 0.699 bits per heavy atom. The molecule has 17 nitrogen and oxygen atoms in total. The number of aromatic nitrogens is 2. The van der Waals surface area contributed by atoms with E-state index in [4.69, 9.17) is 43.5 Å². The SMILES string of the molecule is COc1cccc(C2(O)CCC(N)CC2CN(C)C)c1.COc1cccc(C2(O)CCC(NC(=O)Cc3c(O)c4ccc(Cl)cc4[nH]c3=O)CC2CN(C)C)c1.O=C(O)Cc1c(O)c2ccc(Cl)cc2[nH]c1=O. The number of hydrogen-bond acceptors (Lipinski definition) is 13. The van der Waals surface area contributed by atoms with Gasteiger partial charge in [0.1, 0.15) is 23.0 Å². The Morgan fingerprint density at radius 3 is 1.60 bits per heavy atom. The monoisotopic (exact) mass is 1040 g/mol. The number of halogens is 2. The van der Waals surface area contributed by atoms with Gasteiger partial charge in [-0.25, -0.2) is 0 Å². The number of aromatic amines is 2. The number of aromatic hydroxyl groups is 2. The van der Waals surface area contributed by atoms with E-state index in [0.29, 0.717) is 69.8 Å². The normalized spacial score (nSPS) is 21.7. The van der Waals surface area contributed by atoms with E-state index in [1.807, 2.05) is 81.6 Å². The van der Waals surface area contributed by atoms with Crippen LogP contribution in [0.2, 0.25) is 10.0 Å². The van der Waals surface area contributed by atoms with Gasteiger partial charge in [-0.15, -0.1) is 0 Å². The van der Waals surface area contributed by atoms with Crippen molar-refractivity contribution in [2.75, 3.05) is 55.5 Å². The maximum atomic E-state index is 12.9. The number of nitrogens with one attached hydrogen (secondary N) is 3. The van der Waals surface area contributed by atoms with Gasteiger partial charge in [-0.05, 0) is 139 Å². The summed E-state index contributed by atoms with van der Waals surface area (Å²) in [6, 6.07) is 24.6. The van der Waals surface area contributed by atoms with Crippen molar-refractivity contribution in [3.05, 3.63) is 138 Å². The van der Waals surface area contributed by atoms with E-state index in [1.54, 1.807) is 38.5 Å². The van der Waals surface area contributed by atoms with E-state index < -0.39 is 34.7 Å². The molecule has 2 aromatic heterocycles. The fourth-order valence-electron chi connectivity index (χ4n) is 10.1. The predicted octanol–water partition coefficient (Wildman–Crippen LogP) is 6.26. The highest BCUT2D eigenvalue weighted by atomic mass is 35.5. The molecule has 19 heteroatoms. The second-order valence-corrected chi connectivity index (χ2v) is 20.4. The van der Waals surface area contributed by atoms with Crippen molar-refractivity contribution < 1.29 is 44.6 Å². The van der Waals surface area contributed by atoms with Gasteiger partial charge >= 0.3 is 5.97 Å². The summed E-state index contributed by atoms with van der Waals surface area (Å²) in [4.78, 5) is 57.0. The van der Waals surface area contributed by atoms with E-state index in [1.165, 1.54) is 12.1 Å². The smallest absolute Gasteiger partial charge is 0.308 e. The lowest BCUT2D eigenvalue weighted by Gasteiger charge is -2.44. The number of pyridine rings is 2. The van der Waals surface area contributed by atoms with Crippen LogP contribution >= 0.6 is 23.2 Å². The van der Waals surface area contributed by atoms with Gasteiger partial charge in [0.25, 0.3) is 11.1 Å². The number of aliphatic hydroxyl groups is 2. The summed E-state index contributed by atoms with van der Waals surface area (Å²) in [5, 5.41) is 56.8. The van der Waals surface area contributed by atoms with E-state index in [2.05, 4.69) is 20.2 Å². The van der Waals surface area contributed by atoms with Crippen LogP contribution in [0, 0.1) is 11.8 Å². The molecule has 8 rings (SSSR count). The fourth-order valence-corrected chi connectivity index (χ4v) is 10.4. The molecule has 4 aromatic carbocycles. The summed E-state index contributed by atoms with van der Waals surface area (Å²) in [6.07, 6.45) is 3.24. The molecule has 6 atom stereocenters. The first-order chi connectivity index (χ1) is 34.5. The average molecular weight is 1050 g/mol. The Kier molecular flexibility index (Phi) is 18.6. The summed E-state index contributed by atoms with van der Waals surface area (Å²) < 4.78 is 10.6. The molecule has 0 radical (unpaired) electrons. The van der Waals surface area contributed by atoms with Crippen molar-refractivity contribution in [2.24, 2.45) is 17.6 Å². The number of nitrogens with two attached hydrogens (primary N) is 1. The lowest BCUT2D eigenvalue weighted by molar-refractivity contribution is -0.136. The fraction of sp³-hybridized carbons (Fsp3) is 0.407. The minimum absolute atomic E-state index is 0.0101. The summed E-state index contributed by atoms with van der Waals surface area (Å²) in [7, 11) is 11.2. The van der Waals surface area contributed by atoms with Gasteiger partial charge in [0, 0.05) is 57.8 Å². The molecule has 73 heavy (non-hydrogen) atoms. The molecule has 2 saturated carbocycles. The number of amides is 1. The first-order valence-corrected chi connectivity index (χ1v) is 24.7. The molecule has 0 bridgehead atoms. The van der Waals surface area contributed by atoms with Gasteiger partial charge in [-0.1, -0.05) is 47.5 Å². The minimum Gasteiger partial charge on any atom is -0.507 e. The summed E-state index contributed by atoms with van der Waals surface area (Å²) in [6.45, 7) is 1.47. The molecule has 2 aliphatic rings. The first-order valence-electron chi connectivity index (χ1n) is 23.9. The molecule has 0 spiro atoms. The zero-order valence-electron chi connectivity index (χ0n) is 41.9. The molecular weight excluding hydrogens is 980 g/mol. The molecule has 2 heterocycles. The van der Waals surface area contributed by atoms with Gasteiger partial charge < -0.3 is 65.8 Å². The number of fused-ring (bicyclic) bond motifs is 2. The highest BCUT2D eigenvalue weighted by molar-refractivity contribution is 6.31. The quantitative estimate of drug-likeness (QED) is 0.0619. The Labute approximate surface area is 433 Å². The van der Waals surface area contributed by atoms with Crippen LogP contribution in [-0.4, -0.2) is 125 Å². The number of carbonyl (C=O) groups is 2. The highest BCUT2D eigenvalue weighted by Crippen LogP contribution is 2.44. The van der Waals surface area contributed by atoms with Crippen molar-refractivity contribution in [3.8, 4) is 23.0 Å². The maximum absolute atomic E-state index is 12.9. The van der Waals surface area contributed by atoms with Crippen molar-refractivity contribution in [1.82, 2.24) is 25.1 Å². The number of carboxylic acids is 1. The van der Waals surface area contributed by atoms with E-state index in [0.717, 1.165) is 36.3 Å². The van der Waals surface area contributed by atoms with Crippen molar-refractivity contribution >= 4 is 56.9 Å². The lowest BCUT2D eigenvalue weighted by Crippen LogP contribution is -2.50. The van der Waals surface area contributed by atoms with Crippen LogP contribution in [-0.2, 0) is 33.6 Å². The third kappa shape index (κ3) is 13.7. The second kappa shape index (κ2) is 24.2. The number of rotatable bonds is 13. The number of carbonyl (C=O) groups excluding carboxylic acids is 1. The van der Waals surface area contributed by atoms with Crippen LogP contribution in [0.3, 0.4) is 0 Å². The van der Waals surface area contributed by atoms with Crippen LogP contribution in [0.25, 0.3) is 21.8 Å². The first kappa shape index (κ1) is 56.1. The molecule has 1 amide bonds. The molecule has 2 aliphatic carbocycles. The number of aliphatic carboxylic acids is 1. The Balaban J connectivity index is 0.000000197. The number of nitrogens with zero attached hydrogens (tertiary/aromatic N) is 2. The lowest BCUT2D eigenvalue weighted by atomic mass is 9.69. The molecule has 0 saturated heterocycles. The van der Waals surface area contributed by atoms with Crippen LogP contribution in [0.5, 0.6) is 23.0 Å². The van der Waals surface area contributed by atoms with Crippen LogP contribution in [0.4, 0.5) is 0 Å². The molecule has 6 unspecified atom stereocenters. The van der Waals surface area contributed by atoms with Crippen LogP contribution in [0.1, 0.15) is 60.8 Å². The van der Waals surface area contributed by atoms with Gasteiger partial charge in [0.05, 0.1) is 60.4 Å².